The zero-order valence-corrected chi connectivity index (χ0v) is 13.4. The maximum Gasteiger partial charge on any atom is 0.348 e. The molecule has 1 fully saturated rings. The first-order valence-corrected chi connectivity index (χ1v) is 8.24. The molecule has 102 valence electrons. The third-order valence-corrected chi connectivity index (χ3v) is 4.39. The molecule has 1 rings (SSSR count). The largest absolute Gasteiger partial charge is 0.375 e. The molecule has 0 aromatic carbocycles. The molecule has 1 heterocycles. The van der Waals surface area contributed by atoms with E-state index < -0.39 is 19.2 Å². The SMILES string of the molecule is [B]C1O[C@](C)(/C=C/P(=O)(O)O)[C@@H](OI)C[C@H]1CC. The summed E-state index contributed by atoms with van der Waals surface area (Å²) in [4.78, 5) is 17.8. The highest BCUT2D eigenvalue weighted by molar-refractivity contribution is 14.1. The minimum Gasteiger partial charge on any atom is -0.375 e. The van der Waals surface area contributed by atoms with Crippen molar-refractivity contribution in [3.8, 4) is 0 Å². The second kappa shape index (κ2) is 6.37. The van der Waals surface area contributed by atoms with E-state index in [-0.39, 0.29) is 12.0 Å². The second-order valence-electron chi connectivity index (χ2n) is 4.65. The van der Waals surface area contributed by atoms with E-state index in [0.717, 1.165) is 12.2 Å². The van der Waals surface area contributed by atoms with Crippen molar-refractivity contribution in [3.05, 3.63) is 11.9 Å². The number of halogens is 1. The topological polar surface area (TPSA) is 76.0 Å². The first-order valence-electron chi connectivity index (χ1n) is 5.68. The molecule has 4 atom stereocenters. The van der Waals surface area contributed by atoms with E-state index >= 15 is 0 Å². The zero-order valence-electron chi connectivity index (χ0n) is 10.3. The van der Waals surface area contributed by atoms with Crippen LogP contribution in [0.2, 0.25) is 0 Å². The fourth-order valence-corrected chi connectivity index (χ4v) is 3.23. The molecular formula is C10H17BIO5P. The molecule has 1 saturated heterocycles. The van der Waals surface area contributed by atoms with Crippen molar-refractivity contribution in [2.24, 2.45) is 5.92 Å². The van der Waals surface area contributed by atoms with Gasteiger partial charge in [-0.15, -0.1) is 0 Å². The third kappa shape index (κ3) is 4.32. The van der Waals surface area contributed by atoms with Gasteiger partial charge in [0, 0.05) is 11.8 Å². The molecule has 2 radical (unpaired) electrons. The highest BCUT2D eigenvalue weighted by atomic mass is 127. The van der Waals surface area contributed by atoms with Gasteiger partial charge in [0.1, 0.15) is 42.6 Å². The lowest BCUT2D eigenvalue weighted by Crippen LogP contribution is -2.51. The standard InChI is InChI=1S/C10H17BIO5P/c1-3-7-6-8(17-12)10(2,16-9(7)11)4-5-18(13,14)15/h4-5,7-9H,3,6H2,1-2H3,(H2,13,14,15)/b5-4+/t7-,8+,9?,10-/m1/s1. The Kier molecular flexibility index (Phi) is 5.90. The number of hydrogen-bond acceptors (Lipinski definition) is 3. The molecule has 0 saturated carbocycles. The quantitative estimate of drug-likeness (QED) is 0.440. The van der Waals surface area contributed by atoms with Gasteiger partial charge in [0.25, 0.3) is 0 Å². The molecule has 0 aromatic heterocycles. The van der Waals surface area contributed by atoms with Crippen LogP contribution < -0.4 is 0 Å². The molecule has 0 amide bonds. The number of ether oxygens (including phenoxy) is 1. The lowest BCUT2D eigenvalue weighted by Gasteiger charge is -2.45. The van der Waals surface area contributed by atoms with Gasteiger partial charge in [-0.1, -0.05) is 13.3 Å². The Morgan fingerprint density at radius 1 is 1.67 bits per heavy atom. The second-order valence-corrected chi connectivity index (χ2v) is 6.64. The van der Waals surface area contributed by atoms with E-state index in [9.17, 15) is 4.57 Å². The molecule has 0 bridgehead atoms. The molecule has 0 aliphatic carbocycles. The van der Waals surface area contributed by atoms with Gasteiger partial charge in [0.15, 0.2) is 0 Å². The highest BCUT2D eigenvalue weighted by Gasteiger charge is 2.43. The van der Waals surface area contributed by atoms with Crippen LogP contribution in [0.1, 0.15) is 26.7 Å². The van der Waals surface area contributed by atoms with Crippen LogP contribution in [-0.2, 0) is 12.4 Å². The van der Waals surface area contributed by atoms with Crippen LogP contribution >= 0.6 is 30.6 Å². The van der Waals surface area contributed by atoms with Crippen LogP contribution in [0.5, 0.6) is 0 Å². The van der Waals surface area contributed by atoms with Crippen molar-refractivity contribution >= 4 is 38.4 Å². The number of rotatable bonds is 4. The van der Waals surface area contributed by atoms with Crippen LogP contribution in [0.15, 0.2) is 11.9 Å². The Balaban J connectivity index is 2.91. The van der Waals surface area contributed by atoms with Crippen molar-refractivity contribution in [2.75, 3.05) is 0 Å². The van der Waals surface area contributed by atoms with Crippen LogP contribution in [-0.4, -0.2) is 35.3 Å². The summed E-state index contributed by atoms with van der Waals surface area (Å²) in [5.41, 5.74) is -0.923. The fraction of sp³-hybridized carbons (Fsp3) is 0.800. The zero-order chi connectivity index (χ0) is 14.0. The molecule has 5 nitrogen and oxygen atoms in total. The van der Waals surface area contributed by atoms with Crippen LogP contribution in [0.3, 0.4) is 0 Å². The first kappa shape index (κ1) is 16.7. The van der Waals surface area contributed by atoms with Gasteiger partial charge < -0.3 is 17.6 Å². The minimum atomic E-state index is -4.21. The van der Waals surface area contributed by atoms with Crippen molar-refractivity contribution in [3.63, 3.8) is 0 Å². The third-order valence-electron chi connectivity index (χ3n) is 3.24. The predicted octanol–water partition coefficient (Wildman–Crippen LogP) is 2.11. The summed E-state index contributed by atoms with van der Waals surface area (Å²) in [5, 5.41) is 0. The van der Waals surface area contributed by atoms with Crippen LogP contribution in [0, 0.1) is 5.92 Å². The van der Waals surface area contributed by atoms with E-state index in [4.69, 9.17) is 25.4 Å². The molecule has 18 heavy (non-hydrogen) atoms. The molecule has 1 aliphatic heterocycles. The molecule has 0 aromatic rings. The Labute approximate surface area is 123 Å². The van der Waals surface area contributed by atoms with Gasteiger partial charge >= 0.3 is 7.60 Å². The fourth-order valence-electron chi connectivity index (χ4n) is 2.02. The molecule has 1 aliphatic rings. The summed E-state index contributed by atoms with van der Waals surface area (Å²) in [6.45, 7) is 3.74. The van der Waals surface area contributed by atoms with Crippen molar-refractivity contribution in [2.45, 2.75) is 44.4 Å². The summed E-state index contributed by atoms with van der Waals surface area (Å²) in [6.07, 6.45) is 2.63. The minimum absolute atomic E-state index is 0.182. The summed E-state index contributed by atoms with van der Waals surface area (Å²) < 4.78 is 21.9. The summed E-state index contributed by atoms with van der Waals surface area (Å²) in [7, 11) is 1.70. The van der Waals surface area contributed by atoms with Gasteiger partial charge in [-0.25, -0.2) is 0 Å². The lowest BCUT2D eigenvalue weighted by atomic mass is 9.75. The molecule has 8 heteroatoms. The van der Waals surface area contributed by atoms with E-state index in [1.165, 1.54) is 6.08 Å². The predicted molar refractivity (Wildman–Crippen MR) is 77.5 cm³/mol. The van der Waals surface area contributed by atoms with Crippen molar-refractivity contribution < 1.29 is 22.2 Å². The van der Waals surface area contributed by atoms with Crippen LogP contribution in [0.4, 0.5) is 0 Å². The Morgan fingerprint density at radius 3 is 2.72 bits per heavy atom. The van der Waals surface area contributed by atoms with Gasteiger partial charge in [0.05, 0.1) is 0 Å². The summed E-state index contributed by atoms with van der Waals surface area (Å²) in [5.74, 6) is 1.02. The normalized spacial score (nSPS) is 38.2. The Hall–Kier alpha value is 0.605. The van der Waals surface area contributed by atoms with Gasteiger partial charge in [0.2, 0.25) is 0 Å². The maximum atomic E-state index is 10.9. The van der Waals surface area contributed by atoms with E-state index in [1.807, 2.05) is 6.92 Å². The Morgan fingerprint density at radius 2 is 2.28 bits per heavy atom. The van der Waals surface area contributed by atoms with E-state index in [0.29, 0.717) is 6.42 Å². The average molecular weight is 386 g/mol. The monoisotopic (exact) mass is 386 g/mol. The maximum absolute atomic E-state index is 10.9. The van der Waals surface area contributed by atoms with Gasteiger partial charge in [-0.3, -0.25) is 4.57 Å². The van der Waals surface area contributed by atoms with Crippen LogP contribution in [0.25, 0.3) is 0 Å². The first-order chi connectivity index (χ1) is 8.22. The van der Waals surface area contributed by atoms with E-state index in [1.54, 1.807) is 29.9 Å². The smallest absolute Gasteiger partial charge is 0.348 e. The van der Waals surface area contributed by atoms with Crippen molar-refractivity contribution in [1.29, 1.82) is 0 Å². The number of hydrogen-bond donors (Lipinski definition) is 2. The van der Waals surface area contributed by atoms with Gasteiger partial charge in [-0.2, -0.15) is 0 Å². The average Bonchev–Trinajstić information content (AvgIpc) is 2.26. The molecule has 0 spiro atoms. The molecular weight excluding hydrogens is 369 g/mol. The Bertz CT molecular complexity index is 360. The van der Waals surface area contributed by atoms with Gasteiger partial charge in [-0.05, 0) is 25.3 Å². The lowest BCUT2D eigenvalue weighted by molar-refractivity contribution is -0.133. The highest BCUT2D eigenvalue weighted by Crippen LogP contribution is 2.41. The van der Waals surface area contributed by atoms with Crippen molar-refractivity contribution in [1.82, 2.24) is 0 Å². The summed E-state index contributed by atoms with van der Waals surface area (Å²) in [6, 6.07) is -0.454. The summed E-state index contributed by atoms with van der Waals surface area (Å²) >= 11 is 1.78. The molecule has 2 N–H and O–H groups in total. The van der Waals surface area contributed by atoms with E-state index in [2.05, 4.69) is 0 Å². The molecule has 1 unspecified atom stereocenters.